The predicted molar refractivity (Wildman–Crippen MR) is 76.4 cm³/mol. The van der Waals surface area contributed by atoms with Gasteiger partial charge in [0.25, 0.3) is 0 Å². The van der Waals surface area contributed by atoms with Crippen molar-refractivity contribution in [2.75, 3.05) is 6.61 Å². The van der Waals surface area contributed by atoms with Crippen LogP contribution in [0.25, 0.3) is 0 Å². The molecule has 1 rings (SSSR count). The third kappa shape index (κ3) is 5.16. The largest absolute Gasteiger partial charge is 0.487 e. The van der Waals surface area contributed by atoms with Crippen LogP contribution in [0, 0.1) is 0 Å². The molecule has 0 heterocycles. The summed E-state index contributed by atoms with van der Waals surface area (Å²) in [5.41, 5.74) is 1.67. The first-order valence-electron chi connectivity index (χ1n) is 6.49. The fourth-order valence-electron chi connectivity index (χ4n) is 1.51. The van der Waals surface area contributed by atoms with Crippen LogP contribution < -0.4 is 4.74 Å². The van der Waals surface area contributed by atoms with E-state index >= 15 is 0 Å². The minimum atomic E-state index is -0.384. The number of esters is 1. The Morgan fingerprint density at radius 1 is 1.21 bits per heavy atom. The van der Waals surface area contributed by atoms with E-state index in [1.165, 1.54) is 5.56 Å². The summed E-state index contributed by atoms with van der Waals surface area (Å²) in [7, 11) is 0. The molecule has 1 atom stereocenters. The molecule has 0 fully saturated rings. The maximum atomic E-state index is 11.2. The molecule has 0 aliphatic rings. The minimum absolute atomic E-state index is 0.187. The average molecular weight is 262 g/mol. The Kier molecular flexibility index (Phi) is 5.61. The van der Waals surface area contributed by atoms with Crippen LogP contribution in [-0.2, 0) is 9.53 Å². The minimum Gasteiger partial charge on any atom is -0.487 e. The Balaban J connectivity index is 2.46. The lowest BCUT2D eigenvalue weighted by atomic mass is 10.0. The van der Waals surface area contributed by atoms with Crippen LogP contribution in [0.4, 0.5) is 0 Å². The average Bonchev–Trinajstić information content (AvgIpc) is 2.36. The molecule has 3 heteroatoms. The fraction of sp³-hybridized carbons (Fsp3) is 0.438. The van der Waals surface area contributed by atoms with Gasteiger partial charge in [-0.2, -0.15) is 0 Å². The molecule has 0 aliphatic heterocycles. The first kappa shape index (κ1) is 15.3. The number of rotatable bonds is 6. The zero-order valence-corrected chi connectivity index (χ0v) is 12.1. The molecular formula is C16H22O3. The molecule has 19 heavy (non-hydrogen) atoms. The van der Waals surface area contributed by atoms with Gasteiger partial charge in [0.1, 0.15) is 18.5 Å². The van der Waals surface area contributed by atoms with Gasteiger partial charge in [0.05, 0.1) is 0 Å². The zero-order chi connectivity index (χ0) is 14.4. The van der Waals surface area contributed by atoms with Crippen molar-refractivity contribution >= 4 is 5.97 Å². The highest BCUT2D eigenvalue weighted by molar-refractivity contribution is 5.86. The van der Waals surface area contributed by atoms with E-state index in [1.54, 1.807) is 6.92 Å². The number of hydrogen-bond acceptors (Lipinski definition) is 3. The van der Waals surface area contributed by atoms with Crippen molar-refractivity contribution in [1.82, 2.24) is 0 Å². The van der Waals surface area contributed by atoms with E-state index in [2.05, 4.69) is 20.4 Å². The predicted octanol–water partition coefficient (Wildman–Crippen LogP) is 3.70. The zero-order valence-electron chi connectivity index (χ0n) is 12.1. The van der Waals surface area contributed by atoms with E-state index < -0.39 is 0 Å². The lowest BCUT2D eigenvalue weighted by molar-refractivity contribution is -0.141. The summed E-state index contributed by atoms with van der Waals surface area (Å²) in [6.07, 6.45) is -0.187. The normalized spacial score (nSPS) is 12.1. The molecule has 0 saturated carbocycles. The summed E-state index contributed by atoms with van der Waals surface area (Å²) < 4.78 is 10.7. The molecule has 1 aromatic carbocycles. The third-order valence-electron chi connectivity index (χ3n) is 2.68. The van der Waals surface area contributed by atoms with Crippen molar-refractivity contribution < 1.29 is 14.3 Å². The summed E-state index contributed by atoms with van der Waals surface area (Å²) >= 11 is 0. The van der Waals surface area contributed by atoms with Gasteiger partial charge >= 0.3 is 5.97 Å². The maximum Gasteiger partial charge on any atom is 0.333 e. The summed E-state index contributed by atoms with van der Waals surface area (Å²) in [4.78, 5) is 11.2. The van der Waals surface area contributed by atoms with Crippen LogP contribution in [0.1, 0.15) is 39.2 Å². The van der Waals surface area contributed by atoms with Crippen molar-refractivity contribution in [1.29, 1.82) is 0 Å². The summed E-state index contributed by atoms with van der Waals surface area (Å²) in [6, 6.07) is 7.97. The number of hydrogen-bond donors (Lipinski definition) is 0. The van der Waals surface area contributed by atoms with Crippen molar-refractivity contribution in [3.8, 4) is 5.75 Å². The van der Waals surface area contributed by atoms with Gasteiger partial charge in [0.15, 0.2) is 0 Å². The van der Waals surface area contributed by atoms with Crippen LogP contribution in [-0.4, -0.2) is 18.7 Å². The second-order valence-corrected chi connectivity index (χ2v) is 5.03. The Labute approximate surface area is 115 Å². The number of carbonyl (C=O) groups excluding carboxylic acids is 1. The van der Waals surface area contributed by atoms with E-state index in [0.717, 1.165) is 5.75 Å². The lowest BCUT2D eigenvalue weighted by Crippen LogP contribution is -2.21. The van der Waals surface area contributed by atoms with Crippen LogP contribution in [0.5, 0.6) is 5.75 Å². The molecule has 0 N–H and O–H groups in total. The number of carbonyl (C=O) groups is 1. The molecule has 3 nitrogen and oxygen atoms in total. The number of benzene rings is 1. The molecule has 1 unspecified atom stereocenters. The van der Waals surface area contributed by atoms with Gasteiger partial charge in [-0.05, 0) is 37.5 Å². The molecule has 0 aromatic heterocycles. The van der Waals surface area contributed by atoms with Gasteiger partial charge in [-0.25, -0.2) is 4.79 Å². The highest BCUT2D eigenvalue weighted by Crippen LogP contribution is 2.19. The first-order valence-corrected chi connectivity index (χ1v) is 6.49. The molecule has 0 bridgehead atoms. The Bertz CT molecular complexity index is 432. The summed E-state index contributed by atoms with van der Waals surface area (Å²) in [6.45, 7) is 11.5. The topological polar surface area (TPSA) is 35.5 Å². The monoisotopic (exact) mass is 262 g/mol. The van der Waals surface area contributed by atoms with E-state index in [9.17, 15) is 4.79 Å². The van der Waals surface area contributed by atoms with E-state index in [1.807, 2.05) is 31.2 Å². The van der Waals surface area contributed by atoms with Gasteiger partial charge in [-0.15, -0.1) is 0 Å². The molecule has 0 aliphatic carbocycles. The van der Waals surface area contributed by atoms with Crippen molar-refractivity contribution in [2.24, 2.45) is 0 Å². The van der Waals surface area contributed by atoms with Crippen LogP contribution in [0.15, 0.2) is 36.4 Å². The van der Waals surface area contributed by atoms with Gasteiger partial charge in [-0.3, -0.25) is 0 Å². The van der Waals surface area contributed by atoms with Crippen LogP contribution >= 0.6 is 0 Å². The molecule has 104 valence electrons. The summed E-state index contributed by atoms with van der Waals surface area (Å²) in [5.74, 6) is 0.900. The van der Waals surface area contributed by atoms with Gasteiger partial charge in [-0.1, -0.05) is 32.6 Å². The lowest BCUT2D eigenvalue weighted by Gasteiger charge is -2.15. The molecule has 0 amide bonds. The molecule has 1 aromatic rings. The fourth-order valence-corrected chi connectivity index (χ4v) is 1.51. The SMILES string of the molecule is C=C(C)C(=O)OCC(C)Oc1ccc(C(C)C)cc1. The van der Waals surface area contributed by atoms with Crippen molar-refractivity contribution in [2.45, 2.75) is 39.7 Å². The van der Waals surface area contributed by atoms with E-state index in [-0.39, 0.29) is 18.7 Å². The standard InChI is InChI=1S/C16H22O3/c1-11(2)14-6-8-15(9-7-14)19-13(5)10-18-16(17)12(3)4/h6-9,11,13H,3,10H2,1-2,4-5H3. The first-order chi connectivity index (χ1) is 8.90. The van der Waals surface area contributed by atoms with E-state index in [0.29, 0.717) is 11.5 Å². The quantitative estimate of drug-likeness (QED) is 0.579. The van der Waals surface area contributed by atoms with Gasteiger partial charge < -0.3 is 9.47 Å². The highest BCUT2D eigenvalue weighted by Gasteiger charge is 2.09. The van der Waals surface area contributed by atoms with Gasteiger partial charge in [0, 0.05) is 5.57 Å². The molecular weight excluding hydrogens is 240 g/mol. The van der Waals surface area contributed by atoms with Crippen LogP contribution in [0.3, 0.4) is 0 Å². The van der Waals surface area contributed by atoms with Crippen LogP contribution in [0.2, 0.25) is 0 Å². The Morgan fingerprint density at radius 3 is 2.26 bits per heavy atom. The molecule has 0 radical (unpaired) electrons. The Morgan fingerprint density at radius 2 is 1.79 bits per heavy atom. The van der Waals surface area contributed by atoms with Gasteiger partial charge in [0.2, 0.25) is 0 Å². The Hall–Kier alpha value is -1.77. The second kappa shape index (κ2) is 6.98. The third-order valence-corrected chi connectivity index (χ3v) is 2.68. The van der Waals surface area contributed by atoms with E-state index in [4.69, 9.17) is 9.47 Å². The van der Waals surface area contributed by atoms with Crippen molar-refractivity contribution in [3.05, 3.63) is 42.0 Å². The second-order valence-electron chi connectivity index (χ2n) is 5.03. The smallest absolute Gasteiger partial charge is 0.333 e. The molecule has 0 spiro atoms. The highest BCUT2D eigenvalue weighted by atomic mass is 16.6. The maximum absolute atomic E-state index is 11.2. The molecule has 0 saturated heterocycles. The van der Waals surface area contributed by atoms with Crippen molar-refractivity contribution in [3.63, 3.8) is 0 Å². The number of ether oxygens (including phenoxy) is 2. The summed E-state index contributed by atoms with van der Waals surface area (Å²) in [5, 5.41) is 0.